The minimum absolute atomic E-state index is 0.0158. The summed E-state index contributed by atoms with van der Waals surface area (Å²) >= 11 is 0. The van der Waals surface area contributed by atoms with E-state index in [4.69, 9.17) is 48.4 Å². The molecule has 10 fully saturated rings. The van der Waals surface area contributed by atoms with Crippen molar-refractivity contribution in [2.75, 3.05) is 13.7 Å². The van der Waals surface area contributed by atoms with Crippen molar-refractivity contribution < 1.29 is 52.5 Å². The zero-order chi connectivity index (χ0) is 35.9. The molecule has 0 aliphatic carbocycles. The molecule has 12 bridgehead atoms. The standard InChI is InChI=1S/C40H59NO11/c1-19-11-24-5-7-28-20(2)12-26(45-28)9-10-40-17-33-36(51-40)37-38(50-33)39(52-40)35-29(49-37)8-6-25(47-35)13-22(42)14-27-31(16-30(46-24)21(19)3)48-32(34(27)44-4)15-23(43)18-41/h19,23-39,43H,2-3,5-18,41H2,1,4H3/t19-,23+,24?,25?,26+,27+,28+,29+,30-,31?,32-,33?,34-,35+,36+,37+,38-,39+,40?/m1/s1. The fraction of sp³-hybridized carbons (Fsp3) is 0.875. The van der Waals surface area contributed by atoms with Crippen LogP contribution in [-0.4, -0.2) is 128 Å². The number of Topliss-reactive ketones (excluding diaryl/α,β-unsaturated/α-hetero) is 1. The van der Waals surface area contributed by atoms with E-state index in [0.29, 0.717) is 25.7 Å². The maximum absolute atomic E-state index is 14.1. The Morgan fingerprint density at radius 1 is 0.808 bits per heavy atom. The Hall–Kier alpha value is -1.29. The van der Waals surface area contributed by atoms with Crippen molar-refractivity contribution in [3.05, 3.63) is 24.3 Å². The molecule has 19 atom stereocenters. The number of nitrogens with two attached hydrogens (primary N) is 1. The van der Waals surface area contributed by atoms with Gasteiger partial charge in [-0.3, -0.25) is 4.79 Å². The number of carbonyl (C=O) groups is 1. The van der Waals surface area contributed by atoms with Crippen LogP contribution in [0.1, 0.15) is 90.4 Å². The Morgan fingerprint density at radius 2 is 1.56 bits per heavy atom. The van der Waals surface area contributed by atoms with Gasteiger partial charge in [0.1, 0.15) is 36.3 Å². The summed E-state index contributed by atoms with van der Waals surface area (Å²) in [7, 11) is 1.66. The fourth-order valence-corrected chi connectivity index (χ4v) is 11.3. The van der Waals surface area contributed by atoms with Crippen LogP contribution in [0.5, 0.6) is 0 Å². The molecule has 0 aromatic carbocycles. The molecule has 10 heterocycles. The number of ether oxygens (including phenoxy) is 9. The number of aliphatic hydroxyl groups excluding tert-OH is 1. The van der Waals surface area contributed by atoms with Crippen LogP contribution < -0.4 is 5.73 Å². The van der Waals surface area contributed by atoms with E-state index in [-0.39, 0.29) is 122 Å². The van der Waals surface area contributed by atoms with Gasteiger partial charge in [0.15, 0.2) is 5.79 Å². The van der Waals surface area contributed by atoms with Gasteiger partial charge >= 0.3 is 0 Å². The maximum Gasteiger partial charge on any atom is 0.172 e. The van der Waals surface area contributed by atoms with E-state index in [1.165, 1.54) is 0 Å². The third-order valence-corrected chi connectivity index (χ3v) is 14.0. The summed E-state index contributed by atoms with van der Waals surface area (Å²) in [5.74, 6) is -0.619. The zero-order valence-electron chi connectivity index (χ0n) is 30.8. The molecule has 290 valence electrons. The molecule has 1 spiro atoms. The Kier molecular flexibility index (Phi) is 10.0. The van der Waals surface area contributed by atoms with Gasteiger partial charge < -0.3 is 53.5 Å². The summed E-state index contributed by atoms with van der Waals surface area (Å²) in [5, 5.41) is 10.5. The first-order chi connectivity index (χ1) is 25.1. The van der Waals surface area contributed by atoms with Gasteiger partial charge in [0.2, 0.25) is 0 Å². The first-order valence-electron chi connectivity index (χ1n) is 20.2. The summed E-state index contributed by atoms with van der Waals surface area (Å²) in [6.07, 6.45) is 4.85. The Morgan fingerprint density at radius 3 is 2.38 bits per heavy atom. The quantitative estimate of drug-likeness (QED) is 0.409. The van der Waals surface area contributed by atoms with E-state index < -0.39 is 18.0 Å². The maximum atomic E-state index is 14.1. The highest BCUT2D eigenvalue weighted by molar-refractivity contribution is 5.79. The third-order valence-electron chi connectivity index (χ3n) is 14.0. The van der Waals surface area contributed by atoms with Crippen molar-refractivity contribution in [1.82, 2.24) is 0 Å². The summed E-state index contributed by atoms with van der Waals surface area (Å²) in [6.45, 7) is 11.3. The second kappa shape index (κ2) is 14.3. The number of rotatable bonds is 4. The normalized spacial score (nSPS) is 52.4. The lowest BCUT2D eigenvalue weighted by Crippen LogP contribution is -2.61. The molecule has 12 heteroatoms. The van der Waals surface area contributed by atoms with Crippen LogP contribution in [0.2, 0.25) is 0 Å². The number of hydrogen-bond acceptors (Lipinski definition) is 12. The van der Waals surface area contributed by atoms with E-state index in [9.17, 15) is 9.90 Å². The lowest BCUT2D eigenvalue weighted by atomic mass is 9.81. The van der Waals surface area contributed by atoms with E-state index in [1.54, 1.807) is 7.11 Å². The molecule has 0 radical (unpaired) electrons. The molecule has 0 aromatic rings. The van der Waals surface area contributed by atoms with Crippen LogP contribution in [0.4, 0.5) is 0 Å². The third kappa shape index (κ3) is 6.59. The van der Waals surface area contributed by atoms with Crippen molar-refractivity contribution >= 4 is 5.78 Å². The lowest BCUT2D eigenvalue weighted by Gasteiger charge is -2.47. The first kappa shape index (κ1) is 36.4. The molecule has 10 aliphatic rings. The van der Waals surface area contributed by atoms with Gasteiger partial charge in [-0.2, -0.15) is 0 Å². The highest BCUT2D eigenvalue weighted by Gasteiger charge is 2.68. The number of fused-ring (bicyclic) bond motifs is 6. The highest BCUT2D eigenvalue weighted by atomic mass is 16.8. The van der Waals surface area contributed by atoms with Crippen LogP contribution in [0.25, 0.3) is 0 Å². The average Bonchev–Trinajstić information content (AvgIpc) is 3.79. The average molecular weight is 730 g/mol. The summed E-state index contributed by atoms with van der Waals surface area (Å²) < 4.78 is 60.0. The Bertz CT molecular complexity index is 1380. The number of ketones is 1. The Labute approximate surface area is 307 Å². The Balaban J connectivity index is 0.994. The van der Waals surface area contributed by atoms with E-state index in [0.717, 1.165) is 56.1 Å². The number of methoxy groups -OCH3 is 1. The van der Waals surface area contributed by atoms with Gasteiger partial charge in [-0.1, -0.05) is 20.1 Å². The van der Waals surface area contributed by atoms with Crippen LogP contribution in [-0.2, 0) is 47.4 Å². The predicted molar refractivity (Wildman–Crippen MR) is 186 cm³/mol. The number of hydrogen-bond donors (Lipinski definition) is 2. The van der Waals surface area contributed by atoms with Gasteiger partial charge in [0.25, 0.3) is 0 Å². The summed E-state index contributed by atoms with van der Waals surface area (Å²) in [4.78, 5) is 14.1. The van der Waals surface area contributed by atoms with Crippen LogP contribution in [0.3, 0.4) is 0 Å². The molecule has 10 rings (SSSR count). The molecule has 0 amide bonds. The number of carbonyl (C=O) groups excluding carboxylic acids is 1. The van der Waals surface area contributed by atoms with Crippen molar-refractivity contribution in [3.8, 4) is 0 Å². The molecule has 5 unspecified atom stereocenters. The van der Waals surface area contributed by atoms with Gasteiger partial charge in [-0.25, -0.2) is 0 Å². The van der Waals surface area contributed by atoms with Gasteiger partial charge in [-0.15, -0.1) is 0 Å². The van der Waals surface area contributed by atoms with E-state index in [1.807, 2.05) is 0 Å². The van der Waals surface area contributed by atoms with Crippen molar-refractivity contribution in [2.24, 2.45) is 17.6 Å². The molecule has 10 aliphatic heterocycles. The second-order valence-corrected chi connectivity index (χ2v) is 17.4. The lowest BCUT2D eigenvalue weighted by molar-refractivity contribution is -0.292. The predicted octanol–water partition coefficient (Wildman–Crippen LogP) is 3.44. The largest absolute Gasteiger partial charge is 0.392 e. The van der Waals surface area contributed by atoms with Crippen LogP contribution in [0.15, 0.2) is 24.3 Å². The first-order valence-corrected chi connectivity index (χ1v) is 20.2. The second-order valence-electron chi connectivity index (χ2n) is 17.4. The van der Waals surface area contributed by atoms with Gasteiger partial charge in [-0.05, 0) is 62.0 Å². The monoisotopic (exact) mass is 729 g/mol. The van der Waals surface area contributed by atoms with Crippen molar-refractivity contribution in [2.45, 2.75) is 194 Å². The number of aliphatic hydroxyl groups is 1. The van der Waals surface area contributed by atoms with E-state index in [2.05, 4.69) is 20.1 Å². The molecule has 10 saturated heterocycles. The molecule has 12 nitrogen and oxygen atoms in total. The summed E-state index contributed by atoms with van der Waals surface area (Å²) in [6, 6.07) is 0. The van der Waals surface area contributed by atoms with E-state index >= 15 is 0 Å². The van der Waals surface area contributed by atoms with Crippen LogP contribution in [0, 0.1) is 11.8 Å². The highest BCUT2D eigenvalue weighted by Crippen LogP contribution is 2.54. The van der Waals surface area contributed by atoms with Gasteiger partial charge in [0, 0.05) is 58.1 Å². The fourth-order valence-electron chi connectivity index (χ4n) is 11.3. The topological polar surface area (TPSA) is 146 Å². The molecule has 3 N–H and O–H groups in total. The molecule has 52 heavy (non-hydrogen) atoms. The van der Waals surface area contributed by atoms with Crippen molar-refractivity contribution in [3.63, 3.8) is 0 Å². The van der Waals surface area contributed by atoms with Crippen LogP contribution >= 0.6 is 0 Å². The zero-order valence-corrected chi connectivity index (χ0v) is 30.8. The SMILES string of the molecule is C=C1C[C@@H]2CCC34CC5O[C@H]6[C@@H](O3)[C@H]3OC(CC[C@@H]3O[C@H]6[C@H]5O4)CC(=O)C[C@H]3C(C[C@H]4OC(CC[C@@H]1O2)C[C@@H](C)C4=C)O[C@H](C[C@H](O)CN)[C@@H]3OC. The minimum atomic E-state index is -0.780. The summed E-state index contributed by atoms with van der Waals surface area (Å²) in [5.41, 5.74) is 8.01. The minimum Gasteiger partial charge on any atom is -0.392 e. The van der Waals surface area contributed by atoms with Gasteiger partial charge in [0.05, 0.1) is 67.1 Å². The molecule has 0 aromatic heterocycles. The van der Waals surface area contributed by atoms with Crippen molar-refractivity contribution in [1.29, 1.82) is 0 Å². The molecular weight excluding hydrogens is 670 g/mol. The molecular formula is C40H59NO11. The smallest absolute Gasteiger partial charge is 0.172 e. The molecule has 0 saturated carbocycles.